The number of carbonyl (C=O) groups is 1. The second-order valence-electron chi connectivity index (χ2n) is 8.03. The Kier molecular flexibility index (Phi) is 6.65. The summed E-state index contributed by atoms with van der Waals surface area (Å²) in [4.78, 5) is 17.7. The molecule has 1 heterocycles. The predicted molar refractivity (Wildman–Crippen MR) is 120 cm³/mol. The molecule has 0 bridgehead atoms. The van der Waals surface area contributed by atoms with Gasteiger partial charge in [0.2, 0.25) is 5.91 Å². The summed E-state index contributed by atoms with van der Waals surface area (Å²) < 4.78 is 0. The van der Waals surface area contributed by atoms with Crippen LogP contribution in [0.2, 0.25) is 0 Å². The molecule has 1 unspecified atom stereocenters. The van der Waals surface area contributed by atoms with Gasteiger partial charge < -0.3 is 15.1 Å². The lowest BCUT2D eigenvalue weighted by atomic mass is 9.92. The van der Waals surface area contributed by atoms with Gasteiger partial charge in [-0.05, 0) is 40.8 Å². The fraction of sp³-hybridized carbons (Fsp3) is 0.269. The van der Waals surface area contributed by atoms with E-state index in [-0.39, 0.29) is 24.3 Å². The van der Waals surface area contributed by atoms with Crippen LogP contribution in [0.3, 0.4) is 0 Å². The third kappa shape index (κ3) is 5.13. The molecule has 5 heteroatoms. The van der Waals surface area contributed by atoms with Crippen LogP contribution in [0.25, 0.3) is 0 Å². The van der Waals surface area contributed by atoms with Gasteiger partial charge >= 0.3 is 0 Å². The van der Waals surface area contributed by atoms with Crippen molar-refractivity contribution in [3.8, 4) is 5.75 Å². The quantitative estimate of drug-likeness (QED) is 0.620. The van der Waals surface area contributed by atoms with Crippen LogP contribution in [0.15, 0.2) is 78.9 Å². The standard InChI is InChI=1S/C26H28N2O3/c29-15-14-27(17-20-6-2-1-3-7-20)26(31)25-16-22-8-4-5-9-23(22)19-28(25)18-21-10-12-24(30)13-11-21/h1-13,25,29-30H,14-19H2. The maximum Gasteiger partial charge on any atom is 0.240 e. The molecule has 0 saturated heterocycles. The zero-order valence-corrected chi connectivity index (χ0v) is 17.5. The molecule has 3 aromatic rings. The number of hydrogen-bond acceptors (Lipinski definition) is 4. The SMILES string of the molecule is O=C(C1Cc2ccccc2CN1Cc1ccc(O)cc1)N(CCO)Cc1ccccc1. The molecule has 5 nitrogen and oxygen atoms in total. The van der Waals surface area contributed by atoms with Crippen LogP contribution >= 0.6 is 0 Å². The van der Waals surface area contributed by atoms with Crippen molar-refractivity contribution >= 4 is 5.91 Å². The molecule has 0 saturated carbocycles. The second-order valence-corrected chi connectivity index (χ2v) is 8.03. The summed E-state index contributed by atoms with van der Waals surface area (Å²) in [7, 11) is 0. The van der Waals surface area contributed by atoms with E-state index < -0.39 is 0 Å². The van der Waals surface area contributed by atoms with Crippen molar-refractivity contribution in [1.82, 2.24) is 9.80 Å². The van der Waals surface area contributed by atoms with Crippen molar-refractivity contribution in [2.45, 2.75) is 32.1 Å². The van der Waals surface area contributed by atoms with Crippen molar-refractivity contribution in [3.63, 3.8) is 0 Å². The summed E-state index contributed by atoms with van der Waals surface area (Å²) in [6.07, 6.45) is 0.643. The average Bonchev–Trinajstić information content (AvgIpc) is 2.80. The maximum absolute atomic E-state index is 13.7. The molecule has 1 aliphatic heterocycles. The summed E-state index contributed by atoms with van der Waals surface area (Å²) >= 11 is 0. The van der Waals surface area contributed by atoms with Crippen LogP contribution in [0.4, 0.5) is 0 Å². The Morgan fingerprint density at radius 1 is 0.903 bits per heavy atom. The minimum absolute atomic E-state index is 0.0335. The number of fused-ring (bicyclic) bond motifs is 1. The van der Waals surface area contributed by atoms with Gasteiger partial charge in [-0.2, -0.15) is 0 Å². The highest BCUT2D eigenvalue weighted by molar-refractivity contribution is 5.82. The minimum Gasteiger partial charge on any atom is -0.508 e. The second kappa shape index (κ2) is 9.77. The topological polar surface area (TPSA) is 64.0 Å². The fourth-order valence-corrected chi connectivity index (χ4v) is 4.23. The molecular weight excluding hydrogens is 388 g/mol. The number of amides is 1. The average molecular weight is 417 g/mol. The zero-order valence-electron chi connectivity index (χ0n) is 17.5. The van der Waals surface area contributed by atoms with Crippen molar-refractivity contribution in [2.75, 3.05) is 13.2 Å². The number of phenolic OH excluding ortho intramolecular Hbond substituents is 1. The molecule has 0 radical (unpaired) electrons. The number of hydrogen-bond donors (Lipinski definition) is 2. The third-order valence-corrected chi connectivity index (χ3v) is 5.85. The van der Waals surface area contributed by atoms with E-state index in [2.05, 4.69) is 17.0 Å². The molecule has 2 N–H and O–H groups in total. The van der Waals surface area contributed by atoms with Gasteiger partial charge in [-0.3, -0.25) is 9.69 Å². The van der Waals surface area contributed by atoms with Crippen LogP contribution in [-0.2, 0) is 30.8 Å². The Bertz CT molecular complexity index is 1000. The number of benzene rings is 3. The molecule has 3 aromatic carbocycles. The molecule has 1 aliphatic rings. The van der Waals surface area contributed by atoms with Crippen molar-refractivity contribution in [1.29, 1.82) is 0 Å². The number of aliphatic hydroxyl groups is 1. The molecule has 1 amide bonds. The number of aromatic hydroxyl groups is 1. The van der Waals surface area contributed by atoms with Gasteiger partial charge in [-0.25, -0.2) is 0 Å². The van der Waals surface area contributed by atoms with Crippen molar-refractivity contribution in [2.24, 2.45) is 0 Å². The smallest absolute Gasteiger partial charge is 0.240 e. The van der Waals surface area contributed by atoms with Gasteiger partial charge in [0.25, 0.3) is 0 Å². The highest BCUT2D eigenvalue weighted by Gasteiger charge is 2.34. The molecule has 160 valence electrons. The Morgan fingerprint density at radius 3 is 2.29 bits per heavy atom. The Balaban J connectivity index is 1.60. The Labute approximate surface area is 183 Å². The van der Waals surface area contributed by atoms with E-state index in [4.69, 9.17) is 0 Å². The van der Waals surface area contributed by atoms with E-state index in [1.165, 1.54) is 11.1 Å². The normalized spacial score (nSPS) is 16.0. The van der Waals surface area contributed by atoms with Gasteiger partial charge in [-0.15, -0.1) is 0 Å². The molecular formula is C26H28N2O3. The number of nitrogens with zero attached hydrogens (tertiary/aromatic N) is 2. The van der Waals surface area contributed by atoms with Crippen LogP contribution in [0, 0.1) is 0 Å². The zero-order chi connectivity index (χ0) is 21.6. The summed E-state index contributed by atoms with van der Waals surface area (Å²) in [5, 5.41) is 19.2. The first-order chi connectivity index (χ1) is 15.1. The fourth-order valence-electron chi connectivity index (χ4n) is 4.23. The lowest BCUT2D eigenvalue weighted by Crippen LogP contribution is -2.51. The van der Waals surface area contributed by atoms with Crippen LogP contribution in [0.5, 0.6) is 5.75 Å². The summed E-state index contributed by atoms with van der Waals surface area (Å²) in [6.45, 7) is 2.01. The van der Waals surface area contributed by atoms with E-state index in [1.807, 2.05) is 54.6 Å². The third-order valence-electron chi connectivity index (χ3n) is 5.85. The molecule has 0 fully saturated rings. The largest absolute Gasteiger partial charge is 0.508 e. The maximum atomic E-state index is 13.7. The number of rotatable bonds is 7. The first-order valence-corrected chi connectivity index (χ1v) is 10.7. The summed E-state index contributed by atoms with van der Waals surface area (Å²) in [5.41, 5.74) is 4.53. The van der Waals surface area contributed by atoms with E-state index in [0.29, 0.717) is 32.6 Å². The molecule has 0 aromatic heterocycles. The highest BCUT2D eigenvalue weighted by atomic mass is 16.3. The van der Waals surface area contributed by atoms with Gasteiger partial charge in [0, 0.05) is 26.2 Å². The minimum atomic E-state index is -0.307. The van der Waals surface area contributed by atoms with Gasteiger partial charge in [0.1, 0.15) is 5.75 Å². The number of carbonyl (C=O) groups excluding carboxylic acids is 1. The van der Waals surface area contributed by atoms with Crippen LogP contribution < -0.4 is 0 Å². The first-order valence-electron chi connectivity index (χ1n) is 10.7. The summed E-state index contributed by atoms with van der Waals surface area (Å²) in [5.74, 6) is 0.267. The van der Waals surface area contributed by atoms with E-state index >= 15 is 0 Å². The lowest BCUT2D eigenvalue weighted by molar-refractivity contribution is -0.139. The highest BCUT2D eigenvalue weighted by Crippen LogP contribution is 2.27. The van der Waals surface area contributed by atoms with Crippen LogP contribution in [0.1, 0.15) is 22.3 Å². The molecule has 0 spiro atoms. The number of aliphatic hydroxyl groups excluding tert-OH is 1. The summed E-state index contributed by atoms with van der Waals surface area (Å²) in [6, 6.07) is 25.0. The van der Waals surface area contributed by atoms with Crippen molar-refractivity contribution < 1.29 is 15.0 Å². The van der Waals surface area contributed by atoms with Crippen molar-refractivity contribution in [3.05, 3.63) is 101 Å². The predicted octanol–water partition coefficient (Wildman–Crippen LogP) is 3.34. The monoisotopic (exact) mass is 416 g/mol. The molecule has 31 heavy (non-hydrogen) atoms. The Morgan fingerprint density at radius 2 is 1.58 bits per heavy atom. The van der Waals surface area contributed by atoms with Crippen LogP contribution in [-0.4, -0.2) is 45.1 Å². The van der Waals surface area contributed by atoms with Gasteiger partial charge in [-0.1, -0.05) is 66.7 Å². The van der Waals surface area contributed by atoms with Gasteiger partial charge in [0.05, 0.1) is 12.6 Å². The lowest BCUT2D eigenvalue weighted by Gasteiger charge is -2.38. The van der Waals surface area contributed by atoms with E-state index in [9.17, 15) is 15.0 Å². The molecule has 4 rings (SSSR count). The molecule has 0 aliphatic carbocycles. The first kappa shape index (κ1) is 21.1. The molecule has 1 atom stereocenters. The number of phenols is 1. The van der Waals surface area contributed by atoms with Gasteiger partial charge in [0.15, 0.2) is 0 Å². The van der Waals surface area contributed by atoms with E-state index in [0.717, 1.165) is 11.1 Å². The van der Waals surface area contributed by atoms with E-state index in [1.54, 1.807) is 17.0 Å². The Hall–Kier alpha value is -3.15.